The van der Waals surface area contributed by atoms with Gasteiger partial charge in [-0.1, -0.05) is 29.3 Å². The van der Waals surface area contributed by atoms with E-state index >= 15 is 0 Å². The minimum Gasteiger partial charge on any atom is -0.494 e. The average molecular weight is 499 g/mol. The summed E-state index contributed by atoms with van der Waals surface area (Å²) in [6, 6.07) is 11.5. The van der Waals surface area contributed by atoms with Crippen molar-refractivity contribution in [2.24, 2.45) is 0 Å². The average Bonchev–Trinajstić information content (AvgIpc) is 3.08. The minimum absolute atomic E-state index is 0.598. The van der Waals surface area contributed by atoms with Gasteiger partial charge in [0.05, 0.1) is 25.1 Å². The van der Waals surface area contributed by atoms with Gasteiger partial charge in [0.2, 0.25) is 0 Å². The van der Waals surface area contributed by atoms with Crippen LogP contribution in [0.15, 0.2) is 36.4 Å². The Morgan fingerprint density at radius 1 is 0.971 bits per heavy atom. The number of halogens is 2. The number of nitrogens with zero attached hydrogens (tertiary/aromatic N) is 3. The molecule has 0 saturated heterocycles. The van der Waals surface area contributed by atoms with Gasteiger partial charge in [-0.15, -0.1) is 5.10 Å². The Bertz CT molecular complexity index is 1350. The second kappa shape index (κ2) is 10.1. The van der Waals surface area contributed by atoms with Crippen molar-refractivity contribution >= 4 is 39.8 Å². The fourth-order valence-electron chi connectivity index (χ4n) is 4.42. The molecule has 2 heterocycles. The molecular formula is C26H28Cl2N4O2. The van der Waals surface area contributed by atoms with E-state index in [-0.39, 0.29) is 0 Å². The van der Waals surface area contributed by atoms with Gasteiger partial charge in [-0.05, 0) is 63.9 Å². The molecular weight excluding hydrogens is 471 g/mol. The molecule has 2 aromatic carbocycles. The molecule has 0 unspecified atom stereocenters. The number of aromatic nitrogens is 3. The van der Waals surface area contributed by atoms with Crippen molar-refractivity contribution < 1.29 is 9.47 Å². The molecule has 0 spiro atoms. The van der Waals surface area contributed by atoms with Gasteiger partial charge >= 0.3 is 0 Å². The summed E-state index contributed by atoms with van der Waals surface area (Å²) >= 11 is 12.4. The lowest BCUT2D eigenvalue weighted by Crippen LogP contribution is -2.08. The first kappa shape index (κ1) is 24.2. The van der Waals surface area contributed by atoms with Crippen LogP contribution in [-0.2, 0) is 6.42 Å². The Labute approximate surface area is 209 Å². The largest absolute Gasteiger partial charge is 0.494 e. The molecule has 0 aliphatic carbocycles. The van der Waals surface area contributed by atoms with Crippen molar-refractivity contribution in [2.75, 3.05) is 25.6 Å². The van der Waals surface area contributed by atoms with E-state index in [9.17, 15) is 0 Å². The molecule has 0 amide bonds. The lowest BCUT2D eigenvalue weighted by Gasteiger charge is -2.15. The lowest BCUT2D eigenvalue weighted by atomic mass is 10.1. The number of fused-ring (bicyclic) bond motifs is 1. The van der Waals surface area contributed by atoms with Gasteiger partial charge in [0.15, 0.2) is 5.82 Å². The number of hydrogen-bond donors (Lipinski definition) is 1. The predicted octanol–water partition coefficient (Wildman–Crippen LogP) is 6.71. The third-order valence-electron chi connectivity index (χ3n) is 5.95. The number of ether oxygens (including phenoxy) is 2. The first-order valence-corrected chi connectivity index (χ1v) is 11.9. The molecule has 0 aliphatic rings. The Morgan fingerprint density at radius 3 is 2.44 bits per heavy atom. The molecule has 2 aromatic heterocycles. The van der Waals surface area contributed by atoms with Crippen LogP contribution >= 0.6 is 23.2 Å². The van der Waals surface area contributed by atoms with E-state index in [2.05, 4.69) is 33.9 Å². The standard InChI is InChI=1S/C26H28Cl2N4O2/c1-6-34-20-9-10-22(23(14-20)33-5)32-16(3)24-15(2)30-31-26(25(24)17(32)4)29-12-11-18-7-8-19(27)13-21(18)28/h7-10,13-14H,6,11-12H2,1-5H3,(H,29,31). The van der Waals surface area contributed by atoms with E-state index in [0.717, 1.165) is 62.8 Å². The zero-order valence-corrected chi connectivity index (χ0v) is 21.5. The van der Waals surface area contributed by atoms with Crippen LogP contribution in [0.25, 0.3) is 16.5 Å². The number of rotatable bonds is 8. The fourth-order valence-corrected chi connectivity index (χ4v) is 4.92. The number of methoxy groups -OCH3 is 1. The minimum atomic E-state index is 0.598. The SMILES string of the molecule is CCOc1ccc(-n2c(C)c3c(C)nnc(NCCc4ccc(Cl)cc4Cl)c3c2C)c(OC)c1. The molecule has 0 bridgehead atoms. The molecule has 0 fully saturated rings. The van der Waals surface area contributed by atoms with Crippen LogP contribution in [0.2, 0.25) is 10.0 Å². The van der Waals surface area contributed by atoms with Gasteiger partial charge in [0, 0.05) is 44.8 Å². The topological polar surface area (TPSA) is 61.2 Å². The number of aryl methyl sites for hydroxylation is 3. The summed E-state index contributed by atoms with van der Waals surface area (Å²) in [5.41, 5.74) is 4.98. The highest BCUT2D eigenvalue weighted by Gasteiger charge is 2.21. The van der Waals surface area contributed by atoms with Crippen LogP contribution < -0.4 is 14.8 Å². The maximum Gasteiger partial charge on any atom is 0.158 e. The molecule has 0 aliphatic heterocycles. The third-order valence-corrected chi connectivity index (χ3v) is 6.53. The monoisotopic (exact) mass is 498 g/mol. The van der Waals surface area contributed by atoms with Crippen LogP contribution in [0.3, 0.4) is 0 Å². The normalized spacial score (nSPS) is 11.1. The Hall–Kier alpha value is -2.96. The zero-order valence-electron chi connectivity index (χ0n) is 20.0. The highest BCUT2D eigenvalue weighted by atomic mass is 35.5. The quantitative estimate of drug-likeness (QED) is 0.292. The van der Waals surface area contributed by atoms with Gasteiger partial charge in [-0.2, -0.15) is 5.10 Å². The van der Waals surface area contributed by atoms with Crippen molar-refractivity contribution in [2.45, 2.75) is 34.1 Å². The van der Waals surface area contributed by atoms with E-state index in [1.807, 2.05) is 44.2 Å². The van der Waals surface area contributed by atoms with Crippen LogP contribution in [-0.4, -0.2) is 35.0 Å². The van der Waals surface area contributed by atoms with Gasteiger partial charge in [-0.25, -0.2) is 0 Å². The van der Waals surface area contributed by atoms with Crippen LogP contribution in [0.1, 0.15) is 29.6 Å². The maximum absolute atomic E-state index is 6.34. The summed E-state index contributed by atoms with van der Waals surface area (Å²) in [5, 5.41) is 15.8. The van der Waals surface area contributed by atoms with Crippen molar-refractivity contribution in [3.05, 3.63) is 69.1 Å². The first-order valence-electron chi connectivity index (χ1n) is 11.2. The van der Waals surface area contributed by atoms with Gasteiger partial charge < -0.3 is 19.4 Å². The zero-order chi connectivity index (χ0) is 24.4. The Balaban J connectivity index is 1.73. The second-order valence-electron chi connectivity index (χ2n) is 8.07. The predicted molar refractivity (Wildman–Crippen MR) is 139 cm³/mol. The van der Waals surface area contributed by atoms with Crippen LogP contribution in [0, 0.1) is 20.8 Å². The second-order valence-corrected chi connectivity index (χ2v) is 8.91. The summed E-state index contributed by atoms with van der Waals surface area (Å²) in [6.45, 7) is 9.39. The van der Waals surface area contributed by atoms with Crippen molar-refractivity contribution in [3.63, 3.8) is 0 Å². The summed E-state index contributed by atoms with van der Waals surface area (Å²) < 4.78 is 13.6. The Morgan fingerprint density at radius 2 is 1.74 bits per heavy atom. The van der Waals surface area contributed by atoms with Gasteiger partial charge in [0.1, 0.15) is 11.5 Å². The van der Waals surface area contributed by atoms with Crippen molar-refractivity contribution in [1.82, 2.24) is 14.8 Å². The van der Waals surface area contributed by atoms with Crippen LogP contribution in [0.4, 0.5) is 5.82 Å². The molecule has 178 valence electrons. The highest BCUT2D eigenvalue weighted by molar-refractivity contribution is 6.35. The molecule has 1 N–H and O–H groups in total. The molecule has 4 aromatic rings. The summed E-state index contributed by atoms with van der Waals surface area (Å²) in [5.74, 6) is 2.26. The third kappa shape index (κ3) is 4.52. The molecule has 4 rings (SSSR count). The van der Waals surface area contributed by atoms with E-state index in [0.29, 0.717) is 23.2 Å². The summed E-state index contributed by atoms with van der Waals surface area (Å²) in [6.07, 6.45) is 0.735. The molecule has 0 radical (unpaired) electrons. The number of hydrogen-bond acceptors (Lipinski definition) is 5. The molecule has 8 heteroatoms. The van der Waals surface area contributed by atoms with Crippen LogP contribution in [0.5, 0.6) is 11.5 Å². The van der Waals surface area contributed by atoms with E-state index < -0.39 is 0 Å². The fraction of sp³-hybridized carbons (Fsp3) is 0.308. The smallest absolute Gasteiger partial charge is 0.158 e. The molecule has 6 nitrogen and oxygen atoms in total. The van der Waals surface area contributed by atoms with Crippen molar-refractivity contribution in [3.8, 4) is 17.2 Å². The molecule has 0 atom stereocenters. The maximum atomic E-state index is 6.34. The molecule has 34 heavy (non-hydrogen) atoms. The first-order chi connectivity index (χ1) is 16.3. The number of benzene rings is 2. The number of nitrogens with one attached hydrogen (secondary N) is 1. The summed E-state index contributed by atoms with van der Waals surface area (Å²) in [7, 11) is 1.67. The van der Waals surface area contributed by atoms with E-state index in [4.69, 9.17) is 32.7 Å². The number of anilines is 1. The van der Waals surface area contributed by atoms with Gasteiger partial charge in [-0.3, -0.25) is 0 Å². The van der Waals surface area contributed by atoms with E-state index in [1.165, 1.54) is 0 Å². The van der Waals surface area contributed by atoms with E-state index in [1.54, 1.807) is 13.2 Å². The van der Waals surface area contributed by atoms with Gasteiger partial charge in [0.25, 0.3) is 0 Å². The molecule has 0 saturated carbocycles. The van der Waals surface area contributed by atoms with Crippen molar-refractivity contribution in [1.29, 1.82) is 0 Å². The Kier molecular flexibility index (Phi) is 7.19. The highest BCUT2D eigenvalue weighted by Crippen LogP contribution is 2.37. The summed E-state index contributed by atoms with van der Waals surface area (Å²) in [4.78, 5) is 0. The lowest BCUT2D eigenvalue weighted by molar-refractivity contribution is 0.336.